The van der Waals surface area contributed by atoms with Gasteiger partial charge in [0.15, 0.2) is 0 Å². The fourth-order valence-electron chi connectivity index (χ4n) is 3.92. The molecule has 1 aliphatic rings. The van der Waals surface area contributed by atoms with Crippen molar-refractivity contribution in [2.45, 2.75) is 39.7 Å². The molecule has 5 nitrogen and oxygen atoms in total. The molecule has 1 aliphatic heterocycles. The Balaban J connectivity index is 1.25. The van der Waals surface area contributed by atoms with Crippen LogP contribution in [0.3, 0.4) is 0 Å². The average Bonchev–Trinajstić information content (AvgIpc) is 3.12. The molecule has 0 bridgehead atoms. The number of benzene rings is 1. The molecule has 1 saturated heterocycles. The summed E-state index contributed by atoms with van der Waals surface area (Å²) in [4.78, 5) is 24.0. The third kappa shape index (κ3) is 5.05. The minimum Gasteiger partial charge on any atom is -0.489 e. The Labute approximate surface area is 181 Å². The molecule has 6 heteroatoms. The monoisotopic (exact) mass is 421 g/mol. The van der Waals surface area contributed by atoms with Crippen molar-refractivity contribution in [3.05, 3.63) is 75.5 Å². The number of pyridine rings is 1. The lowest BCUT2D eigenvalue weighted by molar-refractivity contribution is 0.0694. The third-order valence-electron chi connectivity index (χ3n) is 5.60. The highest BCUT2D eigenvalue weighted by Gasteiger charge is 2.26. The summed E-state index contributed by atoms with van der Waals surface area (Å²) < 4.78 is 5.78. The van der Waals surface area contributed by atoms with Gasteiger partial charge in [-0.3, -0.25) is 9.78 Å². The summed E-state index contributed by atoms with van der Waals surface area (Å²) in [7, 11) is 0. The zero-order valence-electron chi connectivity index (χ0n) is 17.5. The van der Waals surface area contributed by atoms with E-state index in [0.717, 1.165) is 59.2 Å². The van der Waals surface area contributed by atoms with Gasteiger partial charge in [0.05, 0.1) is 10.7 Å². The predicted molar refractivity (Wildman–Crippen MR) is 119 cm³/mol. The lowest BCUT2D eigenvalue weighted by atomic mass is 9.90. The van der Waals surface area contributed by atoms with Crippen LogP contribution < -0.4 is 4.74 Å². The van der Waals surface area contributed by atoms with Gasteiger partial charge in [0.2, 0.25) is 0 Å². The Bertz CT molecular complexity index is 977. The van der Waals surface area contributed by atoms with Crippen molar-refractivity contribution in [3.63, 3.8) is 0 Å². The number of aromatic nitrogens is 2. The molecule has 0 radical (unpaired) electrons. The van der Waals surface area contributed by atoms with Gasteiger partial charge in [0.25, 0.3) is 5.91 Å². The lowest BCUT2D eigenvalue weighted by Gasteiger charge is -2.32. The summed E-state index contributed by atoms with van der Waals surface area (Å²) in [6, 6.07) is 12.4. The van der Waals surface area contributed by atoms with Crippen molar-refractivity contribution >= 4 is 17.2 Å². The van der Waals surface area contributed by atoms with E-state index >= 15 is 0 Å². The van der Waals surface area contributed by atoms with Crippen molar-refractivity contribution in [1.29, 1.82) is 0 Å². The van der Waals surface area contributed by atoms with E-state index in [0.29, 0.717) is 12.5 Å². The van der Waals surface area contributed by atoms with Crippen molar-refractivity contribution in [2.24, 2.45) is 5.92 Å². The highest BCUT2D eigenvalue weighted by Crippen LogP contribution is 2.26. The zero-order valence-corrected chi connectivity index (χ0v) is 18.3. The largest absolute Gasteiger partial charge is 0.489 e. The van der Waals surface area contributed by atoms with Gasteiger partial charge in [-0.25, -0.2) is 4.98 Å². The molecule has 0 aliphatic carbocycles. The Morgan fingerprint density at radius 3 is 2.37 bits per heavy atom. The van der Waals surface area contributed by atoms with Crippen LogP contribution in [0, 0.1) is 19.8 Å². The van der Waals surface area contributed by atoms with E-state index in [2.05, 4.69) is 34.2 Å². The zero-order chi connectivity index (χ0) is 20.9. The minimum absolute atomic E-state index is 0.148. The van der Waals surface area contributed by atoms with Crippen LogP contribution in [-0.2, 0) is 13.0 Å². The number of nitrogens with zero attached hydrogens (tertiary/aromatic N) is 3. The Morgan fingerprint density at radius 2 is 1.73 bits per heavy atom. The Morgan fingerprint density at radius 1 is 1.07 bits per heavy atom. The SMILES string of the molecule is Cc1nc(C)c(C(=O)N2CCC(Cc3ccc(COc4ccncc4)cc3)CC2)s1. The molecular formula is C24H27N3O2S. The van der Waals surface area contributed by atoms with Crippen LogP contribution in [0.5, 0.6) is 5.75 Å². The smallest absolute Gasteiger partial charge is 0.265 e. The number of thiazole rings is 1. The van der Waals surface area contributed by atoms with Crippen LogP contribution in [-0.4, -0.2) is 33.9 Å². The van der Waals surface area contributed by atoms with Crippen molar-refractivity contribution < 1.29 is 9.53 Å². The topological polar surface area (TPSA) is 55.3 Å². The fourth-order valence-corrected chi connectivity index (χ4v) is 4.81. The number of carbonyl (C=O) groups excluding carboxylic acids is 1. The van der Waals surface area contributed by atoms with Gasteiger partial charge in [-0.1, -0.05) is 24.3 Å². The molecule has 0 saturated carbocycles. The molecule has 4 rings (SSSR count). The van der Waals surface area contributed by atoms with E-state index in [1.165, 1.54) is 16.9 Å². The third-order valence-corrected chi connectivity index (χ3v) is 6.66. The highest BCUT2D eigenvalue weighted by atomic mass is 32.1. The molecule has 0 N–H and O–H groups in total. The van der Waals surface area contributed by atoms with Gasteiger partial charge in [-0.15, -0.1) is 11.3 Å². The highest BCUT2D eigenvalue weighted by molar-refractivity contribution is 7.13. The first-order chi connectivity index (χ1) is 14.6. The van der Waals surface area contributed by atoms with Gasteiger partial charge in [0, 0.05) is 25.5 Å². The number of piperidine rings is 1. The van der Waals surface area contributed by atoms with Crippen LogP contribution >= 0.6 is 11.3 Å². The first-order valence-electron chi connectivity index (χ1n) is 10.4. The quantitative estimate of drug-likeness (QED) is 0.572. The summed E-state index contributed by atoms with van der Waals surface area (Å²) >= 11 is 1.51. The van der Waals surface area contributed by atoms with Gasteiger partial charge in [-0.2, -0.15) is 0 Å². The maximum Gasteiger partial charge on any atom is 0.265 e. The van der Waals surface area contributed by atoms with Crippen LogP contribution in [0.2, 0.25) is 0 Å². The first-order valence-corrected chi connectivity index (χ1v) is 11.2. The summed E-state index contributed by atoms with van der Waals surface area (Å²) in [5.74, 6) is 1.60. The summed E-state index contributed by atoms with van der Waals surface area (Å²) in [5, 5.41) is 0.959. The van der Waals surface area contributed by atoms with Gasteiger partial charge in [-0.05, 0) is 62.3 Å². The number of aryl methyl sites for hydroxylation is 2. The second-order valence-electron chi connectivity index (χ2n) is 7.88. The molecule has 30 heavy (non-hydrogen) atoms. The summed E-state index contributed by atoms with van der Waals surface area (Å²) in [6.07, 6.45) is 6.63. The van der Waals surface area contributed by atoms with E-state index in [1.807, 2.05) is 30.9 Å². The molecule has 1 amide bonds. The Kier molecular flexibility index (Phi) is 6.43. The number of rotatable bonds is 6. The molecular weight excluding hydrogens is 394 g/mol. The molecule has 0 spiro atoms. The molecule has 1 fully saturated rings. The standard InChI is InChI=1S/C24H27N3O2S/c1-17-23(30-18(2)26-17)24(28)27-13-9-20(10-14-27)15-19-3-5-21(6-4-19)16-29-22-7-11-25-12-8-22/h3-8,11-12,20H,9-10,13-16H2,1-2H3. The predicted octanol–water partition coefficient (Wildman–Crippen LogP) is 4.83. The van der Waals surface area contributed by atoms with Gasteiger partial charge < -0.3 is 9.64 Å². The van der Waals surface area contributed by atoms with E-state index in [9.17, 15) is 4.79 Å². The van der Waals surface area contributed by atoms with Gasteiger partial charge in [0.1, 0.15) is 17.2 Å². The maximum atomic E-state index is 12.8. The number of likely N-dealkylation sites (tertiary alicyclic amines) is 1. The summed E-state index contributed by atoms with van der Waals surface area (Å²) in [5.41, 5.74) is 3.37. The summed E-state index contributed by atoms with van der Waals surface area (Å²) in [6.45, 7) is 6.10. The average molecular weight is 422 g/mol. The van der Waals surface area contributed by atoms with Crippen LogP contribution in [0.1, 0.15) is 44.3 Å². The molecule has 1 aromatic carbocycles. The normalized spacial score (nSPS) is 14.7. The van der Waals surface area contributed by atoms with Crippen molar-refractivity contribution in [2.75, 3.05) is 13.1 Å². The second kappa shape index (κ2) is 9.39. The van der Waals surface area contributed by atoms with E-state index in [1.54, 1.807) is 12.4 Å². The van der Waals surface area contributed by atoms with Crippen LogP contribution in [0.15, 0.2) is 48.8 Å². The van der Waals surface area contributed by atoms with E-state index < -0.39 is 0 Å². The Hall–Kier alpha value is -2.73. The molecule has 0 unspecified atom stereocenters. The number of ether oxygens (including phenoxy) is 1. The maximum absolute atomic E-state index is 12.8. The second-order valence-corrected chi connectivity index (χ2v) is 9.08. The molecule has 0 atom stereocenters. The molecule has 3 heterocycles. The first kappa shape index (κ1) is 20.5. The van der Waals surface area contributed by atoms with E-state index in [4.69, 9.17) is 4.74 Å². The number of carbonyl (C=O) groups is 1. The van der Waals surface area contributed by atoms with Crippen LogP contribution in [0.25, 0.3) is 0 Å². The van der Waals surface area contributed by atoms with Crippen molar-refractivity contribution in [3.8, 4) is 5.75 Å². The number of amides is 1. The minimum atomic E-state index is 0.148. The van der Waals surface area contributed by atoms with Gasteiger partial charge >= 0.3 is 0 Å². The number of hydrogen-bond acceptors (Lipinski definition) is 5. The van der Waals surface area contributed by atoms with E-state index in [-0.39, 0.29) is 5.91 Å². The van der Waals surface area contributed by atoms with Crippen molar-refractivity contribution in [1.82, 2.24) is 14.9 Å². The molecule has 156 valence electrons. The fraction of sp³-hybridized carbons (Fsp3) is 0.375. The van der Waals surface area contributed by atoms with Crippen LogP contribution in [0.4, 0.5) is 0 Å². The molecule has 3 aromatic rings. The molecule has 2 aromatic heterocycles. The number of hydrogen-bond donors (Lipinski definition) is 0. The lowest BCUT2D eigenvalue weighted by Crippen LogP contribution is -2.38.